The van der Waals surface area contributed by atoms with Gasteiger partial charge < -0.3 is 15.7 Å². The number of carbonyl (C=O) groups is 2. The van der Waals surface area contributed by atoms with Gasteiger partial charge in [0, 0.05) is 13.1 Å². The Bertz CT molecular complexity index is 443. The zero-order valence-corrected chi connectivity index (χ0v) is 12.0. The Hall–Kier alpha value is -2.04. The number of hydrogen-bond donors (Lipinski definition) is 3. The Labute approximate surface area is 119 Å². The number of urea groups is 1. The Morgan fingerprint density at radius 1 is 1.20 bits per heavy atom. The van der Waals surface area contributed by atoms with Crippen molar-refractivity contribution in [3.05, 3.63) is 35.4 Å². The average Bonchev–Trinajstić information content (AvgIpc) is 2.45. The summed E-state index contributed by atoms with van der Waals surface area (Å²) in [5, 5.41) is 14.4. The van der Waals surface area contributed by atoms with Crippen LogP contribution in [0.1, 0.15) is 36.2 Å². The highest BCUT2D eigenvalue weighted by Crippen LogP contribution is 2.04. The van der Waals surface area contributed by atoms with Gasteiger partial charge in [0.05, 0.1) is 5.56 Å². The summed E-state index contributed by atoms with van der Waals surface area (Å²) < 4.78 is 0. The fraction of sp³-hybridized carbons (Fsp3) is 0.467. The molecule has 0 bridgehead atoms. The maximum absolute atomic E-state index is 11.5. The molecule has 110 valence electrons. The van der Waals surface area contributed by atoms with Crippen LogP contribution in [-0.2, 0) is 6.42 Å². The van der Waals surface area contributed by atoms with E-state index in [0.29, 0.717) is 25.4 Å². The first-order valence-electron chi connectivity index (χ1n) is 6.86. The van der Waals surface area contributed by atoms with Crippen LogP contribution in [-0.4, -0.2) is 30.2 Å². The summed E-state index contributed by atoms with van der Waals surface area (Å²) in [4.78, 5) is 22.2. The molecule has 0 aromatic heterocycles. The second kappa shape index (κ2) is 8.19. The molecule has 0 fully saturated rings. The molecule has 0 spiro atoms. The van der Waals surface area contributed by atoms with Gasteiger partial charge in [-0.2, -0.15) is 0 Å². The zero-order valence-electron chi connectivity index (χ0n) is 12.0. The van der Waals surface area contributed by atoms with Crippen molar-refractivity contribution in [1.29, 1.82) is 0 Å². The largest absolute Gasteiger partial charge is 0.478 e. The van der Waals surface area contributed by atoms with E-state index < -0.39 is 5.97 Å². The molecule has 0 aliphatic carbocycles. The summed E-state index contributed by atoms with van der Waals surface area (Å²) in [6, 6.07) is 6.51. The molecule has 0 saturated carbocycles. The van der Waals surface area contributed by atoms with Gasteiger partial charge in [-0.3, -0.25) is 0 Å². The van der Waals surface area contributed by atoms with Crippen molar-refractivity contribution in [2.24, 2.45) is 5.92 Å². The monoisotopic (exact) mass is 278 g/mol. The van der Waals surface area contributed by atoms with Crippen LogP contribution in [0, 0.1) is 5.92 Å². The summed E-state index contributed by atoms with van der Waals surface area (Å²) in [6.07, 6.45) is 1.72. The van der Waals surface area contributed by atoms with Crippen LogP contribution in [0.25, 0.3) is 0 Å². The molecule has 5 heteroatoms. The van der Waals surface area contributed by atoms with Gasteiger partial charge in [0.25, 0.3) is 0 Å². The van der Waals surface area contributed by atoms with Crippen molar-refractivity contribution < 1.29 is 14.7 Å². The third kappa shape index (κ3) is 5.73. The zero-order chi connectivity index (χ0) is 15.0. The van der Waals surface area contributed by atoms with Gasteiger partial charge >= 0.3 is 12.0 Å². The highest BCUT2D eigenvalue weighted by Gasteiger charge is 2.04. The van der Waals surface area contributed by atoms with E-state index in [1.54, 1.807) is 24.3 Å². The molecule has 0 aliphatic rings. The molecule has 0 aliphatic heterocycles. The second-order valence-corrected chi connectivity index (χ2v) is 4.90. The lowest BCUT2D eigenvalue weighted by atomic mass is 10.1. The van der Waals surface area contributed by atoms with Gasteiger partial charge in [0.2, 0.25) is 0 Å². The van der Waals surface area contributed by atoms with Crippen LogP contribution in [0.3, 0.4) is 0 Å². The van der Waals surface area contributed by atoms with Crippen LogP contribution < -0.4 is 10.6 Å². The number of rotatable bonds is 7. The molecule has 0 heterocycles. The van der Waals surface area contributed by atoms with E-state index >= 15 is 0 Å². The van der Waals surface area contributed by atoms with Crippen LogP contribution in [0.5, 0.6) is 0 Å². The van der Waals surface area contributed by atoms with Crippen LogP contribution in [0.4, 0.5) is 4.79 Å². The molecule has 1 rings (SSSR count). The molecule has 3 N–H and O–H groups in total. The molecule has 1 aromatic carbocycles. The van der Waals surface area contributed by atoms with E-state index in [9.17, 15) is 9.59 Å². The lowest BCUT2D eigenvalue weighted by Crippen LogP contribution is -2.38. The fourth-order valence-electron chi connectivity index (χ4n) is 1.61. The minimum atomic E-state index is -0.931. The maximum atomic E-state index is 11.5. The third-order valence-corrected chi connectivity index (χ3v) is 3.21. The first kappa shape index (κ1) is 16.0. The Kier molecular flexibility index (Phi) is 6.56. The molecule has 1 unspecified atom stereocenters. The smallest absolute Gasteiger partial charge is 0.335 e. The molecule has 2 amide bonds. The SMILES string of the molecule is CCC(C)CNC(=O)NCCc1ccc(C(=O)O)cc1. The quantitative estimate of drug-likeness (QED) is 0.716. The second-order valence-electron chi connectivity index (χ2n) is 4.90. The van der Waals surface area contributed by atoms with Crippen molar-refractivity contribution >= 4 is 12.0 Å². The molecule has 0 saturated heterocycles. The molecule has 0 radical (unpaired) electrons. The van der Waals surface area contributed by atoms with E-state index in [1.165, 1.54) is 0 Å². The van der Waals surface area contributed by atoms with Gasteiger partial charge in [0.15, 0.2) is 0 Å². The number of amides is 2. The Morgan fingerprint density at radius 2 is 1.85 bits per heavy atom. The Balaban J connectivity index is 2.26. The van der Waals surface area contributed by atoms with E-state index in [1.807, 2.05) is 0 Å². The van der Waals surface area contributed by atoms with Crippen molar-refractivity contribution in [2.75, 3.05) is 13.1 Å². The molecular formula is C15H22N2O3. The first-order valence-corrected chi connectivity index (χ1v) is 6.86. The summed E-state index contributed by atoms with van der Waals surface area (Å²) in [7, 11) is 0. The number of carbonyl (C=O) groups excluding carboxylic acids is 1. The van der Waals surface area contributed by atoms with Gasteiger partial charge in [-0.05, 0) is 30.0 Å². The minimum absolute atomic E-state index is 0.160. The first-order chi connectivity index (χ1) is 9.52. The van der Waals surface area contributed by atoms with Crippen LogP contribution >= 0.6 is 0 Å². The average molecular weight is 278 g/mol. The van der Waals surface area contributed by atoms with Crippen LogP contribution in [0.15, 0.2) is 24.3 Å². The van der Waals surface area contributed by atoms with Crippen molar-refractivity contribution in [1.82, 2.24) is 10.6 Å². The number of carboxylic acids is 1. The van der Waals surface area contributed by atoms with E-state index in [0.717, 1.165) is 12.0 Å². The van der Waals surface area contributed by atoms with Gasteiger partial charge in [-0.15, -0.1) is 0 Å². The number of carboxylic acid groups (broad SMARTS) is 1. The molecule has 20 heavy (non-hydrogen) atoms. The van der Waals surface area contributed by atoms with Gasteiger partial charge in [0.1, 0.15) is 0 Å². The third-order valence-electron chi connectivity index (χ3n) is 3.21. The van der Waals surface area contributed by atoms with E-state index in [4.69, 9.17) is 5.11 Å². The normalized spacial score (nSPS) is 11.7. The van der Waals surface area contributed by atoms with Crippen LogP contribution in [0.2, 0.25) is 0 Å². The summed E-state index contributed by atoms with van der Waals surface area (Å²) >= 11 is 0. The topological polar surface area (TPSA) is 78.4 Å². The Morgan fingerprint density at radius 3 is 2.40 bits per heavy atom. The fourth-order valence-corrected chi connectivity index (χ4v) is 1.61. The van der Waals surface area contributed by atoms with Gasteiger partial charge in [-0.25, -0.2) is 9.59 Å². The van der Waals surface area contributed by atoms with E-state index in [-0.39, 0.29) is 11.6 Å². The highest BCUT2D eigenvalue weighted by molar-refractivity contribution is 5.87. The number of benzene rings is 1. The molecule has 5 nitrogen and oxygen atoms in total. The maximum Gasteiger partial charge on any atom is 0.335 e. The lowest BCUT2D eigenvalue weighted by molar-refractivity contribution is 0.0697. The van der Waals surface area contributed by atoms with Crippen molar-refractivity contribution in [3.8, 4) is 0 Å². The predicted octanol–water partition coefficient (Wildman–Crippen LogP) is 2.27. The van der Waals surface area contributed by atoms with Gasteiger partial charge in [-0.1, -0.05) is 32.4 Å². The summed E-state index contributed by atoms with van der Waals surface area (Å²) in [6.45, 7) is 5.38. The number of aromatic carboxylic acids is 1. The minimum Gasteiger partial charge on any atom is -0.478 e. The molecule has 1 aromatic rings. The highest BCUT2D eigenvalue weighted by atomic mass is 16.4. The predicted molar refractivity (Wildman–Crippen MR) is 78.0 cm³/mol. The standard InChI is InChI=1S/C15H22N2O3/c1-3-11(2)10-17-15(20)16-9-8-12-4-6-13(7-5-12)14(18)19/h4-7,11H,3,8-10H2,1-2H3,(H,18,19)(H2,16,17,20). The molecule has 1 atom stereocenters. The molecular weight excluding hydrogens is 256 g/mol. The number of nitrogens with one attached hydrogen (secondary N) is 2. The summed E-state index contributed by atoms with van der Waals surface area (Å²) in [5.41, 5.74) is 1.27. The van der Waals surface area contributed by atoms with E-state index in [2.05, 4.69) is 24.5 Å². The lowest BCUT2D eigenvalue weighted by Gasteiger charge is -2.11. The van der Waals surface area contributed by atoms with Crippen molar-refractivity contribution in [2.45, 2.75) is 26.7 Å². The number of hydrogen-bond acceptors (Lipinski definition) is 2. The van der Waals surface area contributed by atoms with Crippen molar-refractivity contribution in [3.63, 3.8) is 0 Å². The summed E-state index contributed by atoms with van der Waals surface area (Å²) in [5.74, 6) is -0.455.